The first kappa shape index (κ1) is 14.5. The van der Waals surface area contributed by atoms with Crippen molar-refractivity contribution in [3.05, 3.63) is 0 Å². The molecule has 1 aliphatic heterocycles. The van der Waals surface area contributed by atoms with Gasteiger partial charge in [0.25, 0.3) is 0 Å². The number of carbonyl (C=O) groups is 1. The molecule has 2 atom stereocenters. The first-order chi connectivity index (χ1) is 6.41. The van der Waals surface area contributed by atoms with Crippen molar-refractivity contribution >= 4 is 18.3 Å². The summed E-state index contributed by atoms with van der Waals surface area (Å²) in [5, 5.41) is 13.3. The van der Waals surface area contributed by atoms with Gasteiger partial charge in [-0.05, 0) is 13.0 Å². The lowest BCUT2D eigenvalue weighted by Crippen LogP contribution is -2.55. The third-order valence-electron chi connectivity index (χ3n) is 1.99. The molecule has 0 aliphatic carbocycles. The Labute approximate surface area is 90.6 Å². The standard InChI is InChI=1S/C7H11F3N2O2.ClH/c8-7(9,10)5(13)3-12-6(14)4-1-2-11-4;/h4-5,11,13H,1-3H2,(H,12,14);1H/t4-,5?;/m1./s1. The topological polar surface area (TPSA) is 61.4 Å². The predicted molar refractivity (Wildman–Crippen MR) is 48.7 cm³/mol. The van der Waals surface area contributed by atoms with E-state index in [1.807, 2.05) is 5.32 Å². The van der Waals surface area contributed by atoms with Gasteiger partial charge in [0, 0.05) is 0 Å². The van der Waals surface area contributed by atoms with Gasteiger partial charge in [-0.25, -0.2) is 0 Å². The number of hydrogen-bond acceptors (Lipinski definition) is 3. The van der Waals surface area contributed by atoms with E-state index in [-0.39, 0.29) is 12.4 Å². The Morgan fingerprint density at radius 3 is 2.47 bits per heavy atom. The zero-order valence-corrected chi connectivity index (χ0v) is 8.49. The minimum absolute atomic E-state index is 0. The molecule has 1 fully saturated rings. The molecule has 0 aromatic carbocycles. The SMILES string of the molecule is Cl.O=C(NCC(O)C(F)(F)F)[C@H]1CCN1. The summed E-state index contributed by atoms with van der Waals surface area (Å²) in [6.45, 7) is -0.0968. The molecule has 1 heterocycles. The minimum atomic E-state index is -4.68. The number of nitrogens with one attached hydrogen (secondary N) is 2. The molecular weight excluding hydrogens is 237 g/mol. The number of rotatable bonds is 3. The molecule has 0 aromatic rings. The van der Waals surface area contributed by atoms with Gasteiger partial charge in [0.05, 0.1) is 12.6 Å². The van der Waals surface area contributed by atoms with Gasteiger partial charge in [-0.2, -0.15) is 13.2 Å². The molecule has 0 spiro atoms. The molecule has 0 radical (unpaired) electrons. The van der Waals surface area contributed by atoms with Crippen molar-refractivity contribution in [2.24, 2.45) is 0 Å². The average molecular weight is 249 g/mol. The first-order valence-corrected chi connectivity index (χ1v) is 4.17. The minimum Gasteiger partial charge on any atom is -0.382 e. The lowest BCUT2D eigenvalue weighted by Gasteiger charge is -2.26. The van der Waals surface area contributed by atoms with Crippen molar-refractivity contribution in [2.75, 3.05) is 13.1 Å². The molecule has 15 heavy (non-hydrogen) atoms. The highest BCUT2D eigenvalue weighted by Gasteiger charge is 2.38. The molecule has 0 saturated carbocycles. The van der Waals surface area contributed by atoms with Crippen molar-refractivity contribution in [3.63, 3.8) is 0 Å². The molecule has 0 aromatic heterocycles. The van der Waals surface area contributed by atoms with Crippen LogP contribution in [0.5, 0.6) is 0 Å². The Bertz CT molecular complexity index is 221. The Balaban J connectivity index is 0.00000196. The van der Waals surface area contributed by atoms with Crippen LogP contribution >= 0.6 is 12.4 Å². The van der Waals surface area contributed by atoms with Crippen LogP contribution in [-0.4, -0.2) is 42.4 Å². The van der Waals surface area contributed by atoms with Crippen molar-refractivity contribution in [1.29, 1.82) is 0 Å². The Kier molecular flexibility index (Phi) is 5.33. The molecule has 1 unspecified atom stereocenters. The van der Waals surface area contributed by atoms with Gasteiger partial charge in [0.1, 0.15) is 0 Å². The fraction of sp³-hybridized carbons (Fsp3) is 0.857. The van der Waals surface area contributed by atoms with Crippen LogP contribution in [0.2, 0.25) is 0 Å². The van der Waals surface area contributed by atoms with Crippen LogP contribution in [0.15, 0.2) is 0 Å². The maximum absolute atomic E-state index is 11.8. The molecule has 90 valence electrons. The molecule has 4 nitrogen and oxygen atoms in total. The zero-order chi connectivity index (χ0) is 10.8. The quantitative estimate of drug-likeness (QED) is 0.649. The summed E-state index contributed by atoms with van der Waals surface area (Å²) in [7, 11) is 0. The van der Waals surface area contributed by atoms with E-state index in [1.165, 1.54) is 0 Å². The molecule has 1 saturated heterocycles. The summed E-state index contributed by atoms with van der Waals surface area (Å²) < 4.78 is 35.3. The largest absolute Gasteiger partial charge is 0.416 e. The molecule has 1 rings (SSSR count). The van der Waals surface area contributed by atoms with Gasteiger partial charge < -0.3 is 15.7 Å². The van der Waals surface area contributed by atoms with E-state index in [1.54, 1.807) is 0 Å². The Hall–Kier alpha value is -0.530. The summed E-state index contributed by atoms with van der Waals surface area (Å²) in [5.41, 5.74) is 0. The monoisotopic (exact) mass is 248 g/mol. The third-order valence-corrected chi connectivity index (χ3v) is 1.99. The Morgan fingerprint density at radius 2 is 2.13 bits per heavy atom. The third kappa shape index (κ3) is 4.23. The van der Waals surface area contributed by atoms with Crippen LogP contribution < -0.4 is 10.6 Å². The summed E-state index contributed by atoms with van der Waals surface area (Å²) in [4.78, 5) is 11.0. The van der Waals surface area contributed by atoms with Gasteiger partial charge >= 0.3 is 6.18 Å². The highest BCUT2D eigenvalue weighted by Crippen LogP contribution is 2.19. The second-order valence-corrected chi connectivity index (χ2v) is 3.10. The van der Waals surface area contributed by atoms with E-state index in [0.29, 0.717) is 13.0 Å². The zero-order valence-electron chi connectivity index (χ0n) is 7.67. The number of hydrogen-bond donors (Lipinski definition) is 3. The van der Waals surface area contributed by atoms with E-state index in [9.17, 15) is 18.0 Å². The smallest absolute Gasteiger partial charge is 0.382 e. The second-order valence-electron chi connectivity index (χ2n) is 3.10. The first-order valence-electron chi connectivity index (χ1n) is 4.17. The summed E-state index contributed by atoms with van der Waals surface area (Å²) >= 11 is 0. The van der Waals surface area contributed by atoms with Gasteiger partial charge in [-0.15, -0.1) is 12.4 Å². The van der Waals surface area contributed by atoms with Crippen LogP contribution in [0, 0.1) is 0 Å². The second kappa shape index (κ2) is 5.53. The maximum atomic E-state index is 11.8. The predicted octanol–water partition coefficient (Wildman–Crippen LogP) is -0.191. The van der Waals surface area contributed by atoms with Crippen LogP contribution in [0.3, 0.4) is 0 Å². The molecule has 1 amide bonds. The van der Waals surface area contributed by atoms with Crippen LogP contribution in [0.4, 0.5) is 13.2 Å². The number of halogens is 4. The molecule has 3 N–H and O–H groups in total. The highest BCUT2D eigenvalue weighted by atomic mass is 35.5. The summed E-state index contributed by atoms with van der Waals surface area (Å²) in [5.74, 6) is -0.500. The fourth-order valence-electron chi connectivity index (χ4n) is 0.949. The molecule has 1 aliphatic rings. The number of alkyl halides is 3. The van der Waals surface area contributed by atoms with Gasteiger partial charge in [0.2, 0.25) is 5.91 Å². The number of amides is 1. The van der Waals surface area contributed by atoms with Crippen LogP contribution in [0.1, 0.15) is 6.42 Å². The van der Waals surface area contributed by atoms with E-state index < -0.39 is 30.8 Å². The van der Waals surface area contributed by atoms with Crippen molar-refractivity contribution in [2.45, 2.75) is 24.7 Å². The summed E-state index contributed by atoms with van der Waals surface area (Å²) in [6.07, 6.45) is -6.56. The van der Waals surface area contributed by atoms with Crippen molar-refractivity contribution in [3.8, 4) is 0 Å². The number of aliphatic hydroxyl groups excluding tert-OH is 1. The van der Waals surface area contributed by atoms with E-state index in [0.717, 1.165) is 0 Å². The van der Waals surface area contributed by atoms with Crippen molar-refractivity contribution < 1.29 is 23.1 Å². The maximum Gasteiger partial charge on any atom is 0.416 e. The Morgan fingerprint density at radius 1 is 1.60 bits per heavy atom. The lowest BCUT2D eigenvalue weighted by atomic mass is 10.1. The van der Waals surface area contributed by atoms with Gasteiger partial charge in [0.15, 0.2) is 6.10 Å². The van der Waals surface area contributed by atoms with Gasteiger partial charge in [-0.3, -0.25) is 4.79 Å². The average Bonchev–Trinajstić information content (AvgIpc) is 1.94. The lowest BCUT2D eigenvalue weighted by molar-refractivity contribution is -0.201. The van der Waals surface area contributed by atoms with E-state index >= 15 is 0 Å². The van der Waals surface area contributed by atoms with Crippen LogP contribution in [-0.2, 0) is 4.79 Å². The number of aliphatic hydroxyl groups is 1. The van der Waals surface area contributed by atoms with E-state index in [2.05, 4.69) is 5.32 Å². The fourth-order valence-corrected chi connectivity index (χ4v) is 0.949. The van der Waals surface area contributed by atoms with Crippen LogP contribution in [0.25, 0.3) is 0 Å². The molecular formula is C7H12ClF3N2O2. The summed E-state index contributed by atoms with van der Waals surface area (Å²) in [6, 6.07) is -0.407. The van der Waals surface area contributed by atoms with Crippen molar-refractivity contribution in [1.82, 2.24) is 10.6 Å². The molecule has 8 heteroatoms. The number of carbonyl (C=O) groups excluding carboxylic acids is 1. The normalized spacial score (nSPS) is 22.3. The van der Waals surface area contributed by atoms with Gasteiger partial charge in [-0.1, -0.05) is 0 Å². The van der Waals surface area contributed by atoms with E-state index in [4.69, 9.17) is 5.11 Å². The molecule has 0 bridgehead atoms. The highest BCUT2D eigenvalue weighted by molar-refractivity contribution is 5.85.